The van der Waals surface area contributed by atoms with Gasteiger partial charge in [0.15, 0.2) is 0 Å². The van der Waals surface area contributed by atoms with Crippen molar-refractivity contribution in [1.29, 1.82) is 0 Å². The maximum atomic E-state index is 10.5. The summed E-state index contributed by atoms with van der Waals surface area (Å²) in [4.78, 5) is 0. The van der Waals surface area contributed by atoms with Gasteiger partial charge in [0.05, 0.1) is 6.10 Å². The lowest BCUT2D eigenvalue weighted by Crippen LogP contribution is -2.18. The zero-order chi connectivity index (χ0) is 13.2. The fourth-order valence-electron chi connectivity index (χ4n) is 3.13. The van der Waals surface area contributed by atoms with Gasteiger partial charge in [-0.2, -0.15) is 5.10 Å². The van der Waals surface area contributed by atoms with Crippen LogP contribution in [0, 0.1) is 0 Å². The third-order valence-electron chi connectivity index (χ3n) is 4.26. The van der Waals surface area contributed by atoms with Crippen LogP contribution in [0.4, 0.5) is 0 Å². The maximum Gasteiger partial charge on any atom is 0.0612 e. The van der Waals surface area contributed by atoms with Crippen molar-refractivity contribution in [1.82, 2.24) is 9.78 Å². The summed E-state index contributed by atoms with van der Waals surface area (Å²) >= 11 is 0. The molecule has 2 unspecified atom stereocenters. The number of hydrogen-bond acceptors (Lipinski definition) is 2. The highest BCUT2D eigenvalue weighted by Crippen LogP contribution is 2.36. The van der Waals surface area contributed by atoms with Crippen molar-refractivity contribution in [3.8, 4) is 0 Å². The first-order chi connectivity index (χ1) is 9.25. The van der Waals surface area contributed by atoms with Crippen LogP contribution in [0.2, 0.25) is 0 Å². The van der Waals surface area contributed by atoms with Crippen molar-refractivity contribution in [2.75, 3.05) is 0 Å². The van der Waals surface area contributed by atoms with Gasteiger partial charge < -0.3 is 5.11 Å². The SMILES string of the molecule is Cn1nccc1CCC(O)C1CCc2ccccc21. The fourth-order valence-corrected chi connectivity index (χ4v) is 3.13. The Hall–Kier alpha value is -1.61. The van der Waals surface area contributed by atoms with Crippen LogP contribution in [-0.4, -0.2) is 21.0 Å². The summed E-state index contributed by atoms with van der Waals surface area (Å²) in [7, 11) is 1.95. The van der Waals surface area contributed by atoms with E-state index >= 15 is 0 Å². The Morgan fingerprint density at radius 1 is 1.37 bits per heavy atom. The first-order valence-corrected chi connectivity index (χ1v) is 6.98. The second-order valence-electron chi connectivity index (χ2n) is 5.40. The number of hydrogen-bond donors (Lipinski definition) is 1. The molecule has 1 aromatic carbocycles. The summed E-state index contributed by atoms with van der Waals surface area (Å²) in [6.45, 7) is 0. The Labute approximate surface area is 113 Å². The lowest BCUT2D eigenvalue weighted by Gasteiger charge is -2.19. The number of fused-ring (bicyclic) bond motifs is 1. The Kier molecular flexibility index (Phi) is 3.38. The minimum atomic E-state index is -0.251. The molecule has 0 saturated heterocycles. The monoisotopic (exact) mass is 256 g/mol. The first-order valence-electron chi connectivity index (χ1n) is 6.98. The van der Waals surface area contributed by atoms with Crippen LogP contribution in [0.1, 0.15) is 35.6 Å². The van der Waals surface area contributed by atoms with Gasteiger partial charge in [0.25, 0.3) is 0 Å². The number of aromatic nitrogens is 2. The highest BCUT2D eigenvalue weighted by Gasteiger charge is 2.28. The molecule has 0 saturated carbocycles. The highest BCUT2D eigenvalue weighted by molar-refractivity contribution is 5.35. The van der Waals surface area contributed by atoms with E-state index in [1.807, 2.05) is 24.0 Å². The predicted octanol–water partition coefficient (Wildman–Crippen LogP) is 2.44. The van der Waals surface area contributed by atoms with E-state index in [9.17, 15) is 5.11 Å². The molecule has 19 heavy (non-hydrogen) atoms. The molecule has 100 valence electrons. The Morgan fingerprint density at radius 2 is 2.21 bits per heavy atom. The smallest absolute Gasteiger partial charge is 0.0612 e. The standard InChI is InChI=1S/C16H20N2O/c1-18-13(10-11-17-18)7-9-16(19)15-8-6-12-4-2-3-5-14(12)15/h2-5,10-11,15-16,19H,6-9H2,1H3. The summed E-state index contributed by atoms with van der Waals surface area (Å²) in [6, 6.07) is 10.5. The molecule has 1 aliphatic carbocycles. The molecule has 1 N–H and O–H groups in total. The minimum absolute atomic E-state index is 0.251. The average Bonchev–Trinajstić information content (AvgIpc) is 3.02. The van der Waals surface area contributed by atoms with Crippen LogP contribution in [0.5, 0.6) is 0 Å². The van der Waals surface area contributed by atoms with Crippen molar-refractivity contribution in [2.45, 2.75) is 37.7 Å². The Bertz CT molecular complexity index is 561. The third-order valence-corrected chi connectivity index (χ3v) is 4.26. The van der Waals surface area contributed by atoms with E-state index < -0.39 is 0 Å². The number of aryl methyl sites for hydroxylation is 3. The van der Waals surface area contributed by atoms with Crippen molar-refractivity contribution >= 4 is 0 Å². The summed E-state index contributed by atoms with van der Waals surface area (Å²) in [5.74, 6) is 0.310. The normalized spacial score (nSPS) is 19.4. The van der Waals surface area contributed by atoms with Crippen LogP contribution in [0.3, 0.4) is 0 Å². The molecule has 3 rings (SSSR count). The van der Waals surface area contributed by atoms with E-state index in [1.165, 1.54) is 16.8 Å². The van der Waals surface area contributed by atoms with Gasteiger partial charge in [0, 0.05) is 24.9 Å². The van der Waals surface area contributed by atoms with Gasteiger partial charge in [0.2, 0.25) is 0 Å². The quantitative estimate of drug-likeness (QED) is 0.912. The zero-order valence-corrected chi connectivity index (χ0v) is 11.3. The summed E-state index contributed by atoms with van der Waals surface area (Å²) in [5, 5.41) is 14.6. The molecule has 1 aromatic heterocycles. The number of rotatable bonds is 4. The Balaban J connectivity index is 1.66. The fraction of sp³-hybridized carbons (Fsp3) is 0.438. The van der Waals surface area contributed by atoms with Crippen LogP contribution in [0.15, 0.2) is 36.5 Å². The van der Waals surface area contributed by atoms with Crippen LogP contribution in [-0.2, 0) is 19.9 Å². The number of benzene rings is 1. The van der Waals surface area contributed by atoms with Crippen LogP contribution < -0.4 is 0 Å². The van der Waals surface area contributed by atoms with Crippen molar-refractivity contribution in [2.24, 2.45) is 7.05 Å². The summed E-state index contributed by atoms with van der Waals surface area (Å²) < 4.78 is 1.88. The molecule has 0 spiro atoms. The molecule has 2 aromatic rings. The highest BCUT2D eigenvalue weighted by atomic mass is 16.3. The van der Waals surface area contributed by atoms with Crippen molar-refractivity contribution < 1.29 is 5.11 Å². The maximum absolute atomic E-state index is 10.5. The van der Waals surface area contributed by atoms with Gasteiger partial charge in [0.1, 0.15) is 0 Å². The Morgan fingerprint density at radius 3 is 3.00 bits per heavy atom. The topological polar surface area (TPSA) is 38.0 Å². The van der Waals surface area contributed by atoms with E-state index in [2.05, 4.69) is 29.4 Å². The van der Waals surface area contributed by atoms with Crippen LogP contribution >= 0.6 is 0 Å². The van der Waals surface area contributed by atoms with Gasteiger partial charge in [-0.25, -0.2) is 0 Å². The summed E-state index contributed by atoms with van der Waals surface area (Å²) in [5.41, 5.74) is 3.94. The third kappa shape index (κ3) is 2.43. The van der Waals surface area contributed by atoms with E-state index in [0.29, 0.717) is 5.92 Å². The van der Waals surface area contributed by atoms with Gasteiger partial charge in [-0.15, -0.1) is 0 Å². The molecule has 0 aliphatic heterocycles. The molecule has 0 fully saturated rings. The van der Waals surface area contributed by atoms with Crippen molar-refractivity contribution in [3.05, 3.63) is 53.3 Å². The minimum Gasteiger partial charge on any atom is -0.392 e. The molecule has 0 bridgehead atoms. The van der Waals surface area contributed by atoms with Gasteiger partial charge >= 0.3 is 0 Å². The second-order valence-corrected chi connectivity index (χ2v) is 5.40. The number of nitrogens with zero attached hydrogens (tertiary/aromatic N) is 2. The van der Waals surface area contributed by atoms with Gasteiger partial charge in [-0.3, -0.25) is 4.68 Å². The first kappa shape index (κ1) is 12.4. The van der Waals surface area contributed by atoms with Crippen LogP contribution in [0.25, 0.3) is 0 Å². The zero-order valence-electron chi connectivity index (χ0n) is 11.3. The van der Waals surface area contributed by atoms with E-state index in [4.69, 9.17) is 0 Å². The van der Waals surface area contributed by atoms with E-state index in [-0.39, 0.29) is 6.10 Å². The molecule has 1 aliphatic rings. The lowest BCUT2D eigenvalue weighted by molar-refractivity contribution is 0.133. The molecule has 2 atom stereocenters. The number of aliphatic hydroxyl groups is 1. The lowest BCUT2D eigenvalue weighted by atomic mass is 9.92. The number of aliphatic hydroxyl groups excluding tert-OH is 1. The molecule has 1 heterocycles. The van der Waals surface area contributed by atoms with Gasteiger partial charge in [-0.1, -0.05) is 24.3 Å². The van der Waals surface area contributed by atoms with Crippen molar-refractivity contribution in [3.63, 3.8) is 0 Å². The molecular weight excluding hydrogens is 236 g/mol. The predicted molar refractivity (Wildman–Crippen MR) is 75.0 cm³/mol. The summed E-state index contributed by atoms with van der Waals surface area (Å²) in [6.07, 6.45) is 5.43. The largest absolute Gasteiger partial charge is 0.392 e. The second kappa shape index (κ2) is 5.17. The molecule has 3 nitrogen and oxygen atoms in total. The molecule has 0 radical (unpaired) electrons. The molecular formula is C16H20N2O. The van der Waals surface area contributed by atoms with E-state index in [0.717, 1.165) is 25.7 Å². The molecule has 0 amide bonds. The van der Waals surface area contributed by atoms with E-state index in [1.54, 1.807) is 0 Å². The molecule has 3 heteroatoms. The van der Waals surface area contributed by atoms with Gasteiger partial charge in [-0.05, 0) is 42.9 Å². The average molecular weight is 256 g/mol.